The number of fused-ring (bicyclic) bond motifs is 1. The standard InChI is InChI=1S/C8H9NO.C7H6N2S/c1-6(9)7-4-2-3-5-8(7)10;8-7-9-5-3-1-2-4-6(5)10-7/h2-5,9-10H,1H3;1-4H,(H2,8,9). The molecule has 4 N–H and O–H groups in total. The number of nitrogens with two attached hydrogens (primary N) is 1. The predicted molar refractivity (Wildman–Crippen MR) is 84.6 cm³/mol. The third kappa shape index (κ3) is 3.33. The van der Waals surface area contributed by atoms with Crippen LogP contribution in [-0.4, -0.2) is 15.8 Å². The molecule has 0 amide bonds. The Labute approximate surface area is 121 Å². The number of benzene rings is 2. The normalized spacial score (nSPS) is 9.85. The summed E-state index contributed by atoms with van der Waals surface area (Å²) in [6, 6.07) is 14.8. The first-order chi connectivity index (χ1) is 9.58. The molecule has 0 fully saturated rings. The Kier molecular flexibility index (Phi) is 4.32. The van der Waals surface area contributed by atoms with Gasteiger partial charge in [0.2, 0.25) is 0 Å². The van der Waals surface area contributed by atoms with Gasteiger partial charge in [-0.25, -0.2) is 4.98 Å². The highest BCUT2D eigenvalue weighted by Gasteiger charge is 1.99. The van der Waals surface area contributed by atoms with Gasteiger partial charge in [-0.15, -0.1) is 0 Å². The SMILES string of the molecule is CC(=N)c1ccccc1O.Nc1nc2ccccc2s1. The first-order valence-electron chi connectivity index (χ1n) is 6.02. The second-order valence-electron chi connectivity index (χ2n) is 4.16. The molecule has 20 heavy (non-hydrogen) atoms. The molecule has 5 heteroatoms. The largest absolute Gasteiger partial charge is 0.507 e. The van der Waals surface area contributed by atoms with Crippen LogP contribution in [0.15, 0.2) is 48.5 Å². The van der Waals surface area contributed by atoms with Gasteiger partial charge in [-0.05, 0) is 31.2 Å². The average molecular weight is 285 g/mol. The Balaban J connectivity index is 0.000000147. The summed E-state index contributed by atoms with van der Waals surface area (Å²) in [5.74, 6) is 0.176. The van der Waals surface area contributed by atoms with Gasteiger partial charge in [-0.3, -0.25) is 0 Å². The number of nitrogens with zero attached hydrogens (tertiary/aromatic N) is 1. The molecule has 3 rings (SSSR count). The number of para-hydroxylation sites is 2. The quantitative estimate of drug-likeness (QED) is 0.597. The lowest BCUT2D eigenvalue weighted by molar-refractivity contribution is 0.474. The van der Waals surface area contributed by atoms with E-state index in [1.54, 1.807) is 31.2 Å². The Morgan fingerprint density at radius 3 is 2.40 bits per heavy atom. The van der Waals surface area contributed by atoms with Crippen LogP contribution in [0.5, 0.6) is 5.75 Å². The van der Waals surface area contributed by atoms with Crippen LogP contribution in [0.25, 0.3) is 10.2 Å². The van der Waals surface area contributed by atoms with E-state index in [2.05, 4.69) is 4.98 Å². The van der Waals surface area contributed by atoms with E-state index in [1.807, 2.05) is 24.3 Å². The van der Waals surface area contributed by atoms with E-state index in [0.29, 0.717) is 16.4 Å². The molecule has 2 aromatic carbocycles. The summed E-state index contributed by atoms with van der Waals surface area (Å²) in [5, 5.41) is 17.0. The van der Waals surface area contributed by atoms with Crippen molar-refractivity contribution in [1.82, 2.24) is 4.98 Å². The second-order valence-corrected chi connectivity index (χ2v) is 5.22. The van der Waals surface area contributed by atoms with E-state index in [9.17, 15) is 0 Å². The minimum atomic E-state index is 0.176. The molecule has 102 valence electrons. The zero-order valence-electron chi connectivity index (χ0n) is 11.0. The molecule has 0 radical (unpaired) electrons. The number of thiazole rings is 1. The van der Waals surface area contributed by atoms with Crippen molar-refractivity contribution < 1.29 is 5.11 Å². The van der Waals surface area contributed by atoms with Crippen molar-refractivity contribution in [3.8, 4) is 5.75 Å². The van der Waals surface area contributed by atoms with Crippen LogP contribution in [0.4, 0.5) is 5.13 Å². The maximum Gasteiger partial charge on any atom is 0.181 e. The lowest BCUT2D eigenvalue weighted by atomic mass is 10.1. The number of phenols is 1. The summed E-state index contributed by atoms with van der Waals surface area (Å²) >= 11 is 1.52. The summed E-state index contributed by atoms with van der Waals surface area (Å²) in [6.45, 7) is 1.65. The number of rotatable bonds is 1. The first kappa shape index (κ1) is 14.0. The number of aromatic nitrogens is 1. The van der Waals surface area contributed by atoms with Crippen molar-refractivity contribution in [3.05, 3.63) is 54.1 Å². The van der Waals surface area contributed by atoms with E-state index in [-0.39, 0.29) is 5.75 Å². The average Bonchev–Trinajstić information content (AvgIpc) is 2.79. The molecule has 0 aliphatic rings. The Bertz CT molecular complexity index is 704. The van der Waals surface area contributed by atoms with Crippen LogP contribution in [-0.2, 0) is 0 Å². The number of aromatic hydroxyl groups is 1. The summed E-state index contributed by atoms with van der Waals surface area (Å²) in [4.78, 5) is 4.11. The highest BCUT2D eigenvalue weighted by molar-refractivity contribution is 7.22. The fourth-order valence-electron chi connectivity index (χ4n) is 1.68. The minimum Gasteiger partial charge on any atom is -0.507 e. The van der Waals surface area contributed by atoms with E-state index in [0.717, 1.165) is 10.2 Å². The van der Waals surface area contributed by atoms with Crippen LogP contribution < -0.4 is 5.73 Å². The van der Waals surface area contributed by atoms with Crippen LogP contribution in [0.2, 0.25) is 0 Å². The first-order valence-corrected chi connectivity index (χ1v) is 6.84. The van der Waals surface area contributed by atoms with Gasteiger partial charge < -0.3 is 16.2 Å². The van der Waals surface area contributed by atoms with Gasteiger partial charge in [-0.2, -0.15) is 0 Å². The van der Waals surface area contributed by atoms with Crippen molar-refractivity contribution in [2.24, 2.45) is 0 Å². The molecule has 0 aliphatic heterocycles. The zero-order chi connectivity index (χ0) is 14.5. The van der Waals surface area contributed by atoms with Gasteiger partial charge in [0, 0.05) is 11.3 Å². The molecular weight excluding hydrogens is 270 g/mol. The summed E-state index contributed by atoms with van der Waals surface area (Å²) in [6.07, 6.45) is 0. The van der Waals surface area contributed by atoms with E-state index >= 15 is 0 Å². The maximum absolute atomic E-state index is 9.14. The molecule has 3 aromatic rings. The van der Waals surface area contributed by atoms with Crippen LogP contribution in [0.3, 0.4) is 0 Å². The van der Waals surface area contributed by atoms with Crippen molar-refractivity contribution in [1.29, 1.82) is 5.41 Å². The number of hydrogen-bond acceptors (Lipinski definition) is 5. The highest BCUT2D eigenvalue weighted by atomic mass is 32.1. The molecule has 0 atom stereocenters. The number of phenolic OH excluding ortho intramolecular Hbond substituents is 1. The van der Waals surface area contributed by atoms with Crippen molar-refractivity contribution >= 4 is 32.4 Å². The van der Waals surface area contributed by atoms with Crippen molar-refractivity contribution in [2.45, 2.75) is 6.92 Å². The van der Waals surface area contributed by atoms with E-state index < -0.39 is 0 Å². The highest BCUT2D eigenvalue weighted by Crippen LogP contribution is 2.22. The molecule has 0 spiro atoms. The molecule has 0 aliphatic carbocycles. The van der Waals surface area contributed by atoms with E-state index in [1.165, 1.54) is 11.3 Å². The molecule has 4 nitrogen and oxygen atoms in total. The zero-order valence-corrected chi connectivity index (χ0v) is 11.8. The van der Waals surface area contributed by atoms with Crippen molar-refractivity contribution in [2.75, 3.05) is 5.73 Å². The molecule has 0 unspecified atom stereocenters. The summed E-state index contributed by atoms with van der Waals surface area (Å²) in [5.41, 5.74) is 7.48. The molecule has 0 saturated heterocycles. The molecular formula is C15H15N3OS. The molecule has 1 heterocycles. The van der Waals surface area contributed by atoms with Crippen LogP contribution in [0.1, 0.15) is 12.5 Å². The number of nitrogen functional groups attached to an aromatic ring is 1. The number of nitrogens with one attached hydrogen (secondary N) is 1. The molecule has 0 bridgehead atoms. The van der Waals surface area contributed by atoms with Gasteiger partial charge in [0.15, 0.2) is 5.13 Å². The Morgan fingerprint density at radius 2 is 1.80 bits per heavy atom. The minimum absolute atomic E-state index is 0.176. The number of anilines is 1. The van der Waals surface area contributed by atoms with Gasteiger partial charge in [0.05, 0.1) is 10.2 Å². The maximum atomic E-state index is 9.14. The van der Waals surface area contributed by atoms with Crippen LogP contribution >= 0.6 is 11.3 Å². The summed E-state index contributed by atoms with van der Waals surface area (Å²) < 4.78 is 1.15. The smallest absolute Gasteiger partial charge is 0.181 e. The molecule has 1 aromatic heterocycles. The fourth-order valence-corrected chi connectivity index (χ4v) is 2.41. The summed E-state index contributed by atoms with van der Waals surface area (Å²) in [7, 11) is 0. The Morgan fingerprint density at radius 1 is 1.15 bits per heavy atom. The van der Waals surface area contributed by atoms with Gasteiger partial charge >= 0.3 is 0 Å². The number of hydrogen-bond donors (Lipinski definition) is 3. The fraction of sp³-hybridized carbons (Fsp3) is 0.0667. The Hall–Kier alpha value is -2.40. The lowest BCUT2D eigenvalue weighted by Crippen LogP contribution is -1.90. The van der Waals surface area contributed by atoms with Crippen molar-refractivity contribution in [3.63, 3.8) is 0 Å². The predicted octanol–water partition coefficient (Wildman–Crippen LogP) is 3.66. The third-order valence-electron chi connectivity index (χ3n) is 2.62. The van der Waals surface area contributed by atoms with Gasteiger partial charge in [-0.1, -0.05) is 35.6 Å². The van der Waals surface area contributed by atoms with Gasteiger partial charge in [0.25, 0.3) is 0 Å². The molecule has 0 saturated carbocycles. The monoisotopic (exact) mass is 285 g/mol. The lowest BCUT2D eigenvalue weighted by Gasteiger charge is -1.98. The van der Waals surface area contributed by atoms with Gasteiger partial charge in [0.1, 0.15) is 5.75 Å². The topological polar surface area (TPSA) is 83.0 Å². The second kappa shape index (κ2) is 6.16. The third-order valence-corrected chi connectivity index (χ3v) is 3.48. The van der Waals surface area contributed by atoms with E-state index in [4.69, 9.17) is 16.2 Å². The van der Waals surface area contributed by atoms with Crippen LogP contribution in [0, 0.1) is 5.41 Å².